The van der Waals surface area contributed by atoms with E-state index in [1.807, 2.05) is 12.1 Å². The Morgan fingerprint density at radius 2 is 0.809 bits per heavy atom. The Balaban J connectivity index is 1.83. The fraction of sp³-hybridized carbons (Fsp3) is 0.378. The van der Waals surface area contributed by atoms with Crippen molar-refractivity contribution in [1.29, 1.82) is 0 Å². The monoisotopic (exact) mass is 642 g/mol. The summed E-state index contributed by atoms with van der Waals surface area (Å²) < 4.78 is 0. The SMILES string of the molecule is Cc1ccccc1-c1csc(-c2cc(-c3cc(C(C)(C)C)cc(C(C)(C)C)c3)cc(-c3cc(C(C)(C)C)cc(C(C)(C)C)c3)c2)c1O. The molecule has 1 aromatic heterocycles. The van der Waals surface area contributed by atoms with Crippen molar-refractivity contribution in [2.75, 3.05) is 0 Å². The van der Waals surface area contributed by atoms with E-state index >= 15 is 0 Å². The topological polar surface area (TPSA) is 20.2 Å². The number of rotatable bonds is 4. The molecule has 0 saturated heterocycles. The second kappa shape index (κ2) is 12.1. The van der Waals surface area contributed by atoms with E-state index in [9.17, 15) is 5.11 Å². The summed E-state index contributed by atoms with van der Waals surface area (Å²) in [5.41, 5.74) is 14.3. The molecule has 5 rings (SSSR count). The van der Waals surface area contributed by atoms with Crippen molar-refractivity contribution < 1.29 is 5.11 Å². The molecule has 0 saturated carbocycles. The van der Waals surface area contributed by atoms with Gasteiger partial charge in [0.1, 0.15) is 5.75 Å². The van der Waals surface area contributed by atoms with E-state index in [0.29, 0.717) is 5.75 Å². The Bertz CT molecular complexity index is 1760. The molecular formula is C45H54OS. The lowest BCUT2D eigenvalue weighted by Crippen LogP contribution is -2.16. The van der Waals surface area contributed by atoms with E-state index in [2.05, 4.69) is 162 Å². The number of aryl methyl sites for hydroxylation is 1. The third-order valence-electron chi connectivity index (χ3n) is 9.39. The van der Waals surface area contributed by atoms with E-state index in [1.165, 1.54) is 33.4 Å². The van der Waals surface area contributed by atoms with Gasteiger partial charge in [-0.05, 0) is 108 Å². The summed E-state index contributed by atoms with van der Waals surface area (Å²) >= 11 is 1.62. The normalized spacial score (nSPS) is 12.9. The molecule has 2 heteroatoms. The largest absolute Gasteiger partial charge is 0.506 e. The third-order valence-corrected chi connectivity index (χ3v) is 10.4. The van der Waals surface area contributed by atoms with Crippen molar-refractivity contribution >= 4 is 11.3 Å². The summed E-state index contributed by atoms with van der Waals surface area (Å²) in [7, 11) is 0. The van der Waals surface area contributed by atoms with E-state index in [-0.39, 0.29) is 21.7 Å². The van der Waals surface area contributed by atoms with Crippen LogP contribution in [-0.4, -0.2) is 5.11 Å². The van der Waals surface area contributed by atoms with Gasteiger partial charge in [0.05, 0.1) is 4.88 Å². The third kappa shape index (κ3) is 7.44. The Morgan fingerprint density at radius 1 is 0.447 bits per heavy atom. The summed E-state index contributed by atoms with van der Waals surface area (Å²) in [6, 6.07) is 29.5. The number of hydrogen-bond donors (Lipinski definition) is 1. The molecule has 0 spiro atoms. The molecule has 0 bridgehead atoms. The second-order valence-corrected chi connectivity index (χ2v) is 18.4. The molecule has 0 fully saturated rings. The highest BCUT2D eigenvalue weighted by Crippen LogP contribution is 2.47. The van der Waals surface area contributed by atoms with Gasteiger partial charge in [0.15, 0.2) is 0 Å². The van der Waals surface area contributed by atoms with Crippen molar-refractivity contribution in [2.45, 2.75) is 112 Å². The van der Waals surface area contributed by atoms with Gasteiger partial charge >= 0.3 is 0 Å². The van der Waals surface area contributed by atoms with E-state index in [0.717, 1.165) is 38.3 Å². The summed E-state index contributed by atoms with van der Waals surface area (Å²) in [6.07, 6.45) is 0. The Labute approximate surface area is 288 Å². The van der Waals surface area contributed by atoms with Crippen LogP contribution >= 0.6 is 11.3 Å². The van der Waals surface area contributed by atoms with Crippen LogP contribution in [0.1, 0.15) is 111 Å². The second-order valence-electron chi connectivity index (χ2n) is 17.5. The van der Waals surface area contributed by atoms with Gasteiger partial charge in [0.25, 0.3) is 0 Å². The van der Waals surface area contributed by atoms with Crippen LogP contribution in [0.4, 0.5) is 0 Å². The van der Waals surface area contributed by atoms with Crippen LogP contribution < -0.4 is 0 Å². The van der Waals surface area contributed by atoms with Crippen molar-refractivity contribution in [2.24, 2.45) is 0 Å². The fourth-order valence-corrected chi connectivity index (χ4v) is 6.99. The molecule has 0 aliphatic rings. The van der Waals surface area contributed by atoms with E-state index in [4.69, 9.17) is 0 Å². The molecular weight excluding hydrogens is 589 g/mol. The zero-order chi connectivity index (χ0) is 34.7. The lowest BCUT2D eigenvalue weighted by Gasteiger charge is -2.27. The van der Waals surface area contributed by atoms with Crippen LogP contribution in [-0.2, 0) is 21.7 Å². The molecule has 47 heavy (non-hydrogen) atoms. The zero-order valence-corrected chi connectivity index (χ0v) is 31.8. The highest BCUT2D eigenvalue weighted by molar-refractivity contribution is 7.14. The maximum absolute atomic E-state index is 11.8. The van der Waals surface area contributed by atoms with Gasteiger partial charge in [-0.25, -0.2) is 0 Å². The molecule has 0 aliphatic carbocycles. The first kappa shape index (κ1) is 34.7. The van der Waals surface area contributed by atoms with Crippen molar-refractivity contribution in [3.05, 3.63) is 112 Å². The van der Waals surface area contributed by atoms with E-state index in [1.54, 1.807) is 11.3 Å². The average molecular weight is 643 g/mol. The minimum absolute atomic E-state index is 0.00751. The summed E-state index contributed by atoms with van der Waals surface area (Å²) in [4.78, 5) is 0.900. The molecule has 5 aromatic rings. The Kier molecular flexibility index (Phi) is 8.95. The molecule has 0 aliphatic heterocycles. The van der Waals surface area contributed by atoms with Gasteiger partial charge in [0.2, 0.25) is 0 Å². The quantitative estimate of drug-likeness (QED) is 0.207. The van der Waals surface area contributed by atoms with Gasteiger partial charge in [-0.3, -0.25) is 0 Å². The van der Waals surface area contributed by atoms with Crippen LogP contribution in [0.25, 0.3) is 43.8 Å². The zero-order valence-electron chi connectivity index (χ0n) is 30.9. The average Bonchev–Trinajstić information content (AvgIpc) is 3.35. The minimum Gasteiger partial charge on any atom is -0.506 e. The van der Waals surface area contributed by atoms with Crippen LogP contribution in [0.3, 0.4) is 0 Å². The summed E-state index contributed by atoms with van der Waals surface area (Å²) in [5, 5.41) is 13.9. The molecule has 0 radical (unpaired) electrons. The highest BCUT2D eigenvalue weighted by Gasteiger charge is 2.24. The van der Waals surface area contributed by atoms with Gasteiger partial charge in [-0.1, -0.05) is 144 Å². The van der Waals surface area contributed by atoms with Crippen LogP contribution in [0.2, 0.25) is 0 Å². The van der Waals surface area contributed by atoms with Crippen molar-refractivity contribution in [1.82, 2.24) is 0 Å². The molecule has 0 unspecified atom stereocenters. The first-order chi connectivity index (χ1) is 21.6. The van der Waals surface area contributed by atoms with Gasteiger partial charge in [-0.2, -0.15) is 0 Å². The van der Waals surface area contributed by atoms with Crippen molar-refractivity contribution in [3.63, 3.8) is 0 Å². The summed E-state index contributed by atoms with van der Waals surface area (Å²) in [5.74, 6) is 0.352. The maximum atomic E-state index is 11.8. The number of benzene rings is 4. The molecule has 0 amide bonds. The van der Waals surface area contributed by atoms with Crippen LogP contribution in [0.15, 0.2) is 84.2 Å². The first-order valence-electron chi connectivity index (χ1n) is 17.0. The fourth-order valence-electron chi connectivity index (χ4n) is 6.04. The molecule has 0 atom stereocenters. The maximum Gasteiger partial charge on any atom is 0.142 e. The molecule has 4 aromatic carbocycles. The first-order valence-corrected chi connectivity index (χ1v) is 17.9. The molecule has 1 N–H and O–H groups in total. The standard InChI is InChI=1S/C45H54OS/c1-28-16-14-15-17-38(28)39-27-47-41(40(39)46)33-19-29(31-21-34(42(2,3)4)25-35(22-31)43(5,6)7)18-30(20-33)32-23-36(44(8,9)10)26-37(24-32)45(11,12)13/h14-27,46H,1-13H3. The van der Waals surface area contributed by atoms with Crippen LogP contribution in [0.5, 0.6) is 5.75 Å². The number of aromatic hydroxyl groups is 1. The van der Waals surface area contributed by atoms with E-state index < -0.39 is 0 Å². The Morgan fingerprint density at radius 3 is 1.19 bits per heavy atom. The van der Waals surface area contributed by atoms with Crippen LogP contribution in [0, 0.1) is 6.92 Å². The van der Waals surface area contributed by atoms with Gasteiger partial charge < -0.3 is 5.11 Å². The predicted molar refractivity (Wildman–Crippen MR) is 207 cm³/mol. The number of hydrogen-bond acceptors (Lipinski definition) is 2. The lowest BCUT2D eigenvalue weighted by atomic mass is 9.78. The molecule has 246 valence electrons. The van der Waals surface area contributed by atoms with Crippen molar-refractivity contribution in [3.8, 4) is 49.6 Å². The van der Waals surface area contributed by atoms with Gasteiger partial charge in [-0.15, -0.1) is 11.3 Å². The minimum atomic E-state index is 0.00751. The lowest BCUT2D eigenvalue weighted by molar-refractivity contribution is 0.481. The number of thiophene rings is 1. The predicted octanol–water partition coefficient (Wildman–Crippen LogP) is 13.6. The highest BCUT2D eigenvalue weighted by atomic mass is 32.1. The molecule has 1 nitrogen and oxygen atoms in total. The smallest absolute Gasteiger partial charge is 0.142 e. The van der Waals surface area contributed by atoms with Gasteiger partial charge in [0, 0.05) is 10.9 Å². The summed E-state index contributed by atoms with van der Waals surface area (Å²) in [6.45, 7) is 29.6. The Hall–Kier alpha value is -3.62. The molecule has 1 heterocycles.